The normalized spacial score (nSPS) is 20.6. The van der Waals surface area contributed by atoms with E-state index in [0.717, 1.165) is 5.92 Å². The van der Waals surface area contributed by atoms with Gasteiger partial charge in [-0.1, -0.05) is 19.8 Å². The molecule has 2 aliphatic heterocycles. The maximum Gasteiger partial charge on any atom is 0.0110 e. The lowest BCUT2D eigenvalue weighted by molar-refractivity contribution is 0.304. The van der Waals surface area contributed by atoms with Gasteiger partial charge in [0.1, 0.15) is 0 Å². The third-order valence-electron chi connectivity index (χ3n) is 4.75. The van der Waals surface area contributed by atoms with Crippen molar-refractivity contribution in [1.82, 2.24) is 14.7 Å². The van der Waals surface area contributed by atoms with Crippen LogP contribution in [0.25, 0.3) is 0 Å². The molecule has 0 aromatic rings. The molecule has 0 radical (unpaired) electrons. The van der Waals surface area contributed by atoms with E-state index >= 15 is 0 Å². The summed E-state index contributed by atoms with van der Waals surface area (Å²) >= 11 is 0. The largest absolute Gasteiger partial charge is 0.306 e. The van der Waals surface area contributed by atoms with Gasteiger partial charge in [-0.05, 0) is 64.8 Å². The molecule has 0 aromatic carbocycles. The third-order valence-corrected chi connectivity index (χ3v) is 4.75. The maximum absolute atomic E-state index is 2.54. The molecule has 0 N–H and O–H groups in total. The van der Waals surface area contributed by atoms with Gasteiger partial charge in [0, 0.05) is 26.2 Å². The summed E-state index contributed by atoms with van der Waals surface area (Å²) in [6, 6.07) is 0. The molecule has 0 amide bonds. The van der Waals surface area contributed by atoms with Crippen LogP contribution in [0.15, 0.2) is 0 Å². The van der Waals surface area contributed by atoms with Crippen LogP contribution >= 0.6 is 0 Å². The Hall–Kier alpha value is -0.120. The van der Waals surface area contributed by atoms with Crippen LogP contribution in [0.4, 0.5) is 0 Å². The van der Waals surface area contributed by atoms with Crippen LogP contribution in [-0.2, 0) is 0 Å². The second kappa shape index (κ2) is 9.01. The van der Waals surface area contributed by atoms with Crippen molar-refractivity contribution < 1.29 is 0 Å². The first-order valence-corrected chi connectivity index (χ1v) is 8.87. The van der Waals surface area contributed by atoms with Gasteiger partial charge < -0.3 is 14.7 Å². The molecule has 0 aromatic heterocycles. The molecule has 2 fully saturated rings. The molecule has 1 atom stereocenters. The van der Waals surface area contributed by atoms with E-state index in [2.05, 4.69) is 28.7 Å². The molecule has 1 unspecified atom stereocenters. The van der Waals surface area contributed by atoms with Crippen molar-refractivity contribution in [2.24, 2.45) is 5.92 Å². The van der Waals surface area contributed by atoms with E-state index < -0.39 is 0 Å². The van der Waals surface area contributed by atoms with Crippen LogP contribution in [0.3, 0.4) is 0 Å². The van der Waals surface area contributed by atoms with Crippen molar-refractivity contribution in [1.29, 1.82) is 0 Å². The van der Waals surface area contributed by atoms with Crippen LogP contribution in [-0.4, -0.2) is 74.1 Å². The summed E-state index contributed by atoms with van der Waals surface area (Å²) < 4.78 is 0. The van der Waals surface area contributed by atoms with Crippen LogP contribution in [0, 0.1) is 5.92 Å². The highest BCUT2D eigenvalue weighted by atomic mass is 15.3. The molecule has 20 heavy (non-hydrogen) atoms. The monoisotopic (exact) mass is 281 g/mol. The summed E-state index contributed by atoms with van der Waals surface area (Å²) in [6.07, 6.45) is 8.43. The van der Waals surface area contributed by atoms with Crippen LogP contribution in [0.2, 0.25) is 0 Å². The van der Waals surface area contributed by atoms with Crippen molar-refractivity contribution in [2.45, 2.75) is 45.4 Å². The highest BCUT2D eigenvalue weighted by Crippen LogP contribution is 2.16. The molecular weight excluding hydrogens is 246 g/mol. The van der Waals surface area contributed by atoms with Crippen molar-refractivity contribution in [3.63, 3.8) is 0 Å². The lowest BCUT2D eigenvalue weighted by atomic mass is 9.99. The number of hydrogen-bond donors (Lipinski definition) is 0. The van der Waals surface area contributed by atoms with E-state index in [1.54, 1.807) is 0 Å². The van der Waals surface area contributed by atoms with Gasteiger partial charge in [-0.3, -0.25) is 0 Å². The fourth-order valence-corrected chi connectivity index (χ4v) is 2.95. The first-order valence-electron chi connectivity index (χ1n) is 8.87. The number of rotatable bonds is 13. The van der Waals surface area contributed by atoms with Crippen molar-refractivity contribution in [3.05, 3.63) is 0 Å². The molecule has 2 rings (SSSR count). The molecule has 118 valence electrons. The van der Waals surface area contributed by atoms with Crippen molar-refractivity contribution in [2.75, 3.05) is 59.4 Å². The molecule has 3 nitrogen and oxygen atoms in total. The molecule has 0 bridgehead atoms. The van der Waals surface area contributed by atoms with Gasteiger partial charge in [0.25, 0.3) is 0 Å². The van der Waals surface area contributed by atoms with Gasteiger partial charge in [-0.25, -0.2) is 0 Å². The summed E-state index contributed by atoms with van der Waals surface area (Å²) in [4.78, 5) is 7.59. The lowest BCUT2D eigenvalue weighted by Crippen LogP contribution is -2.22. The minimum atomic E-state index is 0.933. The van der Waals surface area contributed by atoms with Crippen LogP contribution < -0.4 is 0 Å². The van der Waals surface area contributed by atoms with Gasteiger partial charge in [-0.2, -0.15) is 0 Å². The fraction of sp³-hybridized carbons (Fsp3) is 1.00. The SMILES string of the molecule is CC(CCCCN(C)CCCN1CC1)CCCN1CC1. The molecule has 2 saturated heterocycles. The smallest absolute Gasteiger partial charge is 0.0110 e. The number of hydrogen-bond acceptors (Lipinski definition) is 3. The lowest BCUT2D eigenvalue weighted by Gasteiger charge is -2.17. The Kier molecular flexibility index (Phi) is 7.32. The predicted octanol–water partition coefficient (Wildman–Crippen LogP) is 2.53. The van der Waals surface area contributed by atoms with Gasteiger partial charge in [-0.15, -0.1) is 0 Å². The molecule has 3 heteroatoms. The van der Waals surface area contributed by atoms with E-state index in [4.69, 9.17) is 0 Å². The molecular formula is C17H35N3. The van der Waals surface area contributed by atoms with Crippen LogP contribution in [0.1, 0.15) is 45.4 Å². The second-order valence-corrected chi connectivity index (χ2v) is 7.08. The number of nitrogens with zero attached hydrogens (tertiary/aromatic N) is 3. The topological polar surface area (TPSA) is 9.26 Å². The molecule has 2 aliphatic rings. The fourth-order valence-electron chi connectivity index (χ4n) is 2.95. The van der Waals surface area contributed by atoms with Crippen LogP contribution in [0.5, 0.6) is 0 Å². The first kappa shape index (κ1) is 16.3. The summed E-state index contributed by atoms with van der Waals surface area (Å²) in [7, 11) is 2.29. The zero-order valence-corrected chi connectivity index (χ0v) is 13.8. The zero-order valence-electron chi connectivity index (χ0n) is 13.8. The van der Waals surface area contributed by atoms with Gasteiger partial charge in [0.2, 0.25) is 0 Å². The van der Waals surface area contributed by atoms with E-state index in [1.807, 2.05) is 0 Å². The summed E-state index contributed by atoms with van der Waals surface area (Å²) in [5.74, 6) is 0.933. The van der Waals surface area contributed by atoms with E-state index in [9.17, 15) is 0 Å². The summed E-state index contributed by atoms with van der Waals surface area (Å²) in [6.45, 7) is 13.1. The summed E-state index contributed by atoms with van der Waals surface area (Å²) in [5, 5.41) is 0. The average molecular weight is 281 g/mol. The van der Waals surface area contributed by atoms with E-state index in [-0.39, 0.29) is 0 Å². The first-order chi connectivity index (χ1) is 9.74. The Morgan fingerprint density at radius 3 is 2.00 bits per heavy atom. The maximum atomic E-state index is 2.54. The van der Waals surface area contributed by atoms with Crippen molar-refractivity contribution in [3.8, 4) is 0 Å². The molecule has 0 aliphatic carbocycles. The molecule has 0 spiro atoms. The highest BCUT2D eigenvalue weighted by molar-refractivity contribution is 4.73. The minimum absolute atomic E-state index is 0.933. The number of unbranched alkanes of at least 4 members (excludes halogenated alkanes) is 1. The predicted molar refractivity (Wildman–Crippen MR) is 87.2 cm³/mol. The quantitative estimate of drug-likeness (QED) is 0.379. The van der Waals surface area contributed by atoms with E-state index in [1.165, 1.54) is 90.9 Å². The Bertz CT molecular complexity index is 223. The summed E-state index contributed by atoms with van der Waals surface area (Å²) in [5.41, 5.74) is 0. The Morgan fingerprint density at radius 1 is 0.800 bits per heavy atom. The van der Waals surface area contributed by atoms with Gasteiger partial charge in [0.15, 0.2) is 0 Å². The second-order valence-electron chi connectivity index (χ2n) is 7.08. The molecule has 2 heterocycles. The van der Waals surface area contributed by atoms with Gasteiger partial charge in [0.05, 0.1) is 0 Å². The average Bonchev–Trinajstić information content (AvgIpc) is 3.28. The standard InChI is InChI=1S/C17H35N3/c1-17(8-5-11-19-13-14-19)7-3-4-9-18(2)10-6-12-20-15-16-20/h17H,3-16H2,1-2H3. The van der Waals surface area contributed by atoms with Crippen molar-refractivity contribution >= 4 is 0 Å². The molecule has 0 saturated carbocycles. The highest BCUT2D eigenvalue weighted by Gasteiger charge is 2.16. The Labute approximate surface area is 126 Å². The Balaban J connectivity index is 1.33. The zero-order chi connectivity index (χ0) is 14.2. The van der Waals surface area contributed by atoms with E-state index in [0.29, 0.717) is 0 Å². The van der Waals surface area contributed by atoms with Gasteiger partial charge >= 0.3 is 0 Å². The third kappa shape index (κ3) is 8.23. The minimum Gasteiger partial charge on any atom is -0.306 e. The Morgan fingerprint density at radius 2 is 1.35 bits per heavy atom.